The van der Waals surface area contributed by atoms with Crippen molar-refractivity contribution in [2.24, 2.45) is 5.92 Å². The van der Waals surface area contributed by atoms with Crippen molar-refractivity contribution >= 4 is 5.78 Å². The number of ketones is 1. The molecule has 0 bridgehead atoms. The minimum Gasteiger partial charge on any atom is -0.497 e. The molecule has 1 aliphatic rings. The van der Waals surface area contributed by atoms with Crippen molar-refractivity contribution < 1.29 is 19.0 Å². The second kappa shape index (κ2) is 4.22. The number of Topliss-reactive ketones (excluding diaryl/α,β-unsaturated/α-hetero) is 1. The monoisotopic (exact) mass is 224 g/mol. The van der Waals surface area contributed by atoms with Crippen molar-refractivity contribution in [2.45, 2.75) is 18.9 Å². The molecule has 4 heteroatoms. The molecule has 0 aliphatic heterocycles. The van der Waals surface area contributed by atoms with Crippen LogP contribution in [-0.4, -0.2) is 24.1 Å². The summed E-state index contributed by atoms with van der Waals surface area (Å²) >= 11 is 0. The second-order valence-electron chi connectivity index (χ2n) is 3.99. The van der Waals surface area contributed by atoms with Crippen molar-refractivity contribution in [1.29, 1.82) is 0 Å². The Morgan fingerprint density at radius 2 is 2.25 bits per heavy atom. The smallest absolute Gasteiger partial charge is 0.194 e. The summed E-state index contributed by atoms with van der Waals surface area (Å²) in [6, 6.07) is 4.00. The van der Waals surface area contributed by atoms with Gasteiger partial charge in [-0.1, -0.05) is 0 Å². The van der Waals surface area contributed by atoms with Crippen LogP contribution < -0.4 is 4.74 Å². The number of hydrogen-bond donors (Lipinski definition) is 1. The van der Waals surface area contributed by atoms with Crippen molar-refractivity contribution in [3.05, 3.63) is 29.6 Å². The Labute approximate surface area is 92.9 Å². The van der Waals surface area contributed by atoms with Gasteiger partial charge in [0.05, 0.1) is 12.7 Å². The quantitative estimate of drug-likeness (QED) is 0.793. The van der Waals surface area contributed by atoms with Gasteiger partial charge in [0.15, 0.2) is 5.78 Å². The Bertz CT molecular complexity index is 413. The third-order valence-electron chi connectivity index (χ3n) is 2.78. The molecule has 1 saturated carbocycles. The minimum absolute atomic E-state index is 0.00833. The summed E-state index contributed by atoms with van der Waals surface area (Å²) in [4.78, 5) is 11.7. The van der Waals surface area contributed by atoms with Crippen LogP contribution >= 0.6 is 0 Å². The molecule has 0 saturated heterocycles. The highest BCUT2D eigenvalue weighted by molar-refractivity contribution is 6.00. The first-order valence-corrected chi connectivity index (χ1v) is 5.19. The van der Waals surface area contributed by atoms with E-state index in [0.717, 1.165) is 18.9 Å². The van der Waals surface area contributed by atoms with Crippen molar-refractivity contribution in [3.63, 3.8) is 0 Å². The van der Waals surface area contributed by atoms with Crippen LogP contribution in [-0.2, 0) is 0 Å². The number of carbonyl (C=O) groups excluding carboxylic acids is 1. The maximum Gasteiger partial charge on any atom is 0.194 e. The predicted molar refractivity (Wildman–Crippen MR) is 56.0 cm³/mol. The highest BCUT2D eigenvalue weighted by Gasteiger charge is 2.35. The van der Waals surface area contributed by atoms with E-state index in [-0.39, 0.29) is 11.5 Å². The summed E-state index contributed by atoms with van der Waals surface area (Å²) in [6.45, 7) is 0. The lowest BCUT2D eigenvalue weighted by Gasteiger charge is -2.09. The summed E-state index contributed by atoms with van der Waals surface area (Å²) in [5.41, 5.74) is -0.0693. The summed E-state index contributed by atoms with van der Waals surface area (Å²) in [5, 5.41) is 9.61. The number of rotatable bonds is 4. The van der Waals surface area contributed by atoms with Gasteiger partial charge in [0.1, 0.15) is 17.7 Å². The number of benzene rings is 1. The second-order valence-corrected chi connectivity index (χ2v) is 3.99. The fraction of sp³-hybridized carbons (Fsp3) is 0.417. The molecule has 1 unspecified atom stereocenters. The Hall–Kier alpha value is -1.42. The Morgan fingerprint density at radius 3 is 2.75 bits per heavy atom. The van der Waals surface area contributed by atoms with E-state index in [1.165, 1.54) is 19.2 Å². The standard InChI is InChI=1S/C12H13FO3/c1-16-8-4-5-9(10(13)6-8)12(15)11(14)7-2-3-7/h4-7,11,14H,2-3H2,1H3. The van der Waals surface area contributed by atoms with Crippen LogP contribution in [0.25, 0.3) is 0 Å². The van der Waals surface area contributed by atoms with Crippen molar-refractivity contribution in [3.8, 4) is 5.75 Å². The van der Waals surface area contributed by atoms with Gasteiger partial charge in [-0.05, 0) is 30.9 Å². The van der Waals surface area contributed by atoms with Crippen LogP contribution in [0, 0.1) is 11.7 Å². The number of hydrogen-bond acceptors (Lipinski definition) is 3. The zero-order chi connectivity index (χ0) is 11.7. The molecule has 2 rings (SSSR count). The highest BCUT2D eigenvalue weighted by Crippen LogP contribution is 2.34. The van der Waals surface area contributed by atoms with Crippen LogP contribution in [0.4, 0.5) is 4.39 Å². The third-order valence-corrected chi connectivity index (χ3v) is 2.78. The van der Waals surface area contributed by atoms with Gasteiger partial charge in [-0.15, -0.1) is 0 Å². The molecule has 1 aromatic carbocycles. The molecule has 1 aliphatic carbocycles. The lowest BCUT2D eigenvalue weighted by Crippen LogP contribution is -2.23. The number of ether oxygens (including phenoxy) is 1. The van der Waals surface area contributed by atoms with Gasteiger partial charge in [0.2, 0.25) is 0 Å². The van der Waals surface area contributed by atoms with E-state index in [9.17, 15) is 14.3 Å². The molecular formula is C12H13FO3. The lowest BCUT2D eigenvalue weighted by molar-refractivity contribution is 0.0699. The molecular weight excluding hydrogens is 211 g/mol. The van der Waals surface area contributed by atoms with E-state index < -0.39 is 17.7 Å². The maximum atomic E-state index is 13.5. The van der Waals surface area contributed by atoms with Crippen LogP contribution in [0.15, 0.2) is 18.2 Å². The van der Waals surface area contributed by atoms with E-state index >= 15 is 0 Å². The number of carbonyl (C=O) groups is 1. The minimum atomic E-state index is -1.07. The van der Waals surface area contributed by atoms with Crippen molar-refractivity contribution in [2.75, 3.05) is 7.11 Å². The SMILES string of the molecule is COc1ccc(C(=O)C(O)C2CC2)c(F)c1. The first kappa shape index (κ1) is 11.1. The molecule has 16 heavy (non-hydrogen) atoms. The lowest BCUT2D eigenvalue weighted by atomic mass is 10.0. The molecule has 0 amide bonds. The molecule has 3 nitrogen and oxygen atoms in total. The summed E-state index contributed by atoms with van der Waals surface area (Å²) in [7, 11) is 1.43. The fourth-order valence-electron chi connectivity index (χ4n) is 1.61. The van der Waals surface area contributed by atoms with E-state index in [2.05, 4.69) is 0 Å². The van der Waals surface area contributed by atoms with E-state index in [1.807, 2.05) is 0 Å². The van der Waals surface area contributed by atoms with Gasteiger partial charge in [-0.3, -0.25) is 4.79 Å². The van der Waals surface area contributed by atoms with Gasteiger partial charge in [0, 0.05) is 6.07 Å². The first-order chi connectivity index (χ1) is 7.63. The van der Waals surface area contributed by atoms with Crippen LogP contribution in [0.3, 0.4) is 0 Å². The van der Waals surface area contributed by atoms with Crippen molar-refractivity contribution in [1.82, 2.24) is 0 Å². The van der Waals surface area contributed by atoms with E-state index in [1.54, 1.807) is 0 Å². The number of methoxy groups -OCH3 is 1. The molecule has 0 spiro atoms. The van der Waals surface area contributed by atoms with Gasteiger partial charge < -0.3 is 9.84 Å². The van der Waals surface area contributed by atoms with Crippen LogP contribution in [0.1, 0.15) is 23.2 Å². The normalized spacial score (nSPS) is 16.9. The average molecular weight is 224 g/mol. The molecule has 0 heterocycles. The number of aliphatic hydroxyl groups is 1. The molecule has 0 radical (unpaired) electrons. The number of aliphatic hydroxyl groups excluding tert-OH is 1. The summed E-state index contributed by atoms with van der Waals surface area (Å²) in [6.07, 6.45) is 0.609. The average Bonchev–Trinajstić information content (AvgIpc) is 3.10. The predicted octanol–water partition coefficient (Wildman–Crippen LogP) is 1.79. The molecule has 1 fully saturated rings. The molecule has 1 atom stereocenters. The molecule has 0 aromatic heterocycles. The largest absolute Gasteiger partial charge is 0.497 e. The third kappa shape index (κ3) is 2.07. The Balaban J connectivity index is 2.22. The first-order valence-electron chi connectivity index (χ1n) is 5.19. The zero-order valence-electron chi connectivity index (χ0n) is 8.94. The van der Waals surface area contributed by atoms with E-state index in [0.29, 0.717) is 5.75 Å². The number of halogens is 1. The van der Waals surface area contributed by atoms with Gasteiger partial charge >= 0.3 is 0 Å². The fourth-order valence-corrected chi connectivity index (χ4v) is 1.61. The van der Waals surface area contributed by atoms with E-state index in [4.69, 9.17) is 4.74 Å². The molecule has 1 aromatic rings. The summed E-state index contributed by atoms with van der Waals surface area (Å²) < 4.78 is 18.4. The highest BCUT2D eigenvalue weighted by atomic mass is 19.1. The molecule has 1 N–H and O–H groups in total. The van der Waals surface area contributed by atoms with Crippen LogP contribution in [0.5, 0.6) is 5.75 Å². The van der Waals surface area contributed by atoms with Crippen LogP contribution in [0.2, 0.25) is 0 Å². The maximum absolute atomic E-state index is 13.5. The molecule has 86 valence electrons. The topological polar surface area (TPSA) is 46.5 Å². The van der Waals surface area contributed by atoms with Gasteiger partial charge in [0.25, 0.3) is 0 Å². The van der Waals surface area contributed by atoms with Gasteiger partial charge in [-0.2, -0.15) is 0 Å². The Morgan fingerprint density at radius 1 is 1.56 bits per heavy atom. The summed E-state index contributed by atoms with van der Waals surface area (Å²) in [5.74, 6) is -0.823. The zero-order valence-corrected chi connectivity index (χ0v) is 8.94. The Kier molecular flexibility index (Phi) is 2.92. The van der Waals surface area contributed by atoms with Gasteiger partial charge in [-0.25, -0.2) is 4.39 Å².